The molecule has 0 bridgehead atoms. The average molecular weight is 300 g/mol. The second kappa shape index (κ2) is 6.62. The van der Waals surface area contributed by atoms with E-state index in [0.717, 1.165) is 31.2 Å². The molecule has 0 heterocycles. The third-order valence-corrected chi connectivity index (χ3v) is 4.71. The zero-order valence-electron chi connectivity index (χ0n) is 11.1. The number of rotatable bonds is 2. The summed E-state index contributed by atoms with van der Waals surface area (Å²) >= 11 is 12.5. The standard InChI is InChI=1S/C15H19Cl2NO/c1-10-6-5-7-11(14(10)17)15(19)18-13-9-4-2-3-8-12(13)16/h5-7,12-13H,2-4,8-9H2,1H3,(H,18,19). The van der Waals surface area contributed by atoms with Crippen molar-refractivity contribution < 1.29 is 4.79 Å². The van der Waals surface area contributed by atoms with Crippen LogP contribution in [0.15, 0.2) is 18.2 Å². The Labute approximate surface area is 124 Å². The summed E-state index contributed by atoms with van der Waals surface area (Å²) in [7, 11) is 0. The van der Waals surface area contributed by atoms with Gasteiger partial charge in [-0.1, -0.05) is 43.0 Å². The van der Waals surface area contributed by atoms with E-state index in [0.29, 0.717) is 10.6 Å². The lowest BCUT2D eigenvalue weighted by Crippen LogP contribution is -2.40. The van der Waals surface area contributed by atoms with Crippen molar-refractivity contribution in [2.24, 2.45) is 0 Å². The number of carbonyl (C=O) groups excluding carboxylic acids is 1. The van der Waals surface area contributed by atoms with Crippen LogP contribution in [0, 0.1) is 6.92 Å². The van der Waals surface area contributed by atoms with Crippen molar-refractivity contribution in [2.75, 3.05) is 0 Å². The fourth-order valence-electron chi connectivity index (χ4n) is 2.49. The summed E-state index contributed by atoms with van der Waals surface area (Å²) in [6, 6.07) is 5.55. The van der Waals surface area contributed by atoms with Gasteiger partial charge in [0.2, 0.25) is 0 Å². The Morgan fingerprint density at radius 3 is 2.79 bits per heavy atom. The lowest BCUT2D eigenvalue weighted by atomic mass is 10.1. The number of hydrogen-bond acceptors (Lipinski definition) is 1. The van der Waals surface area contributed by atoms with E-state index in [9.17, 15) is 4.79 Å². The van der Waals surface area contributed by atoms with Crippen molar-refractivity contribution in [3.05, 3.63) is 34.3 Å². The van der Waals surface area contributed by atoms with Crippen LogP contribution < -0.4 is 5.32 Å². The number of halogens is 2. The Morgan fingerprint density at radius 1 is 1.26 bits per heavy atom. The van der Waals surface area contributed by atoms with Crippen molar-refractivity contribution in [2.45, 2.75) is 50.4 Å². The highest BCUT2D eigenvalue weighted by Gasteiger charge is 2.24. The van der Waals surface area contributed by atoms with Gasteiger partial charge >= 0.3 is 0 Å². The summed E-state index contributed by atoms with van der Waals surface area (Å²) < 4.78 is 0. The molecule has 0 radical (unpaired) electrons. The molecule has 1 aliphatic rings. The van der Waals surface area contributed by atoms with Crippen LogP contribution >= 0.6 is 23.2 Å². The van der Waals surface area contributed by atoms with Gasteiger partial charge in [-0.2, -0.15) is 0 Å². The normalized spacial score (nSPS) is 23.7. The van der Waals surface area contributed by atoms with Crippen LogP contribution in [0.4, 0.5) is 0 Å². The van der Waals surface area contributed by atoms with Crippen LogP contribution in [0.1, 0.15) is 48.0 Å². The SMILES string of the molecule is Cc1cccc(C(=O)NC2CCCCCC2Cl)c1Cl. The lowest BCUT2D eigenvalue weighted by molar-refractivity contribution is 0.0934. The van der Waals surface area contributed by atoms with Crippen molar-refractivity contribution in [1.82, 2.24) is 5.32 Å². The minimum absolute atomic E-state index is 0.0232. The zero-order chi connectivity index (χ0) is 13.8. The first-order chi connectivity index (χ1) is 9.09. The molecule has 1 fully saturated rings. The molecule has 19 heavy (non-hydrogen) atoms. The molecule has 1 amide bonds. The third kappa shape index (κ3) is 3.64. The maximum atomic E-state index is 12.3. The number of amides is 1. The molecule has 104 valence electrons. The van der Waals surface area contributed by atoms with Gasteiger partial charge in [-0.05, 0) is 31.4 Å². The van der Waals surface area contributed by atoms with Crippen LogP contribution in [0.3, 0.4) is 0 Å². The Balaban J connectivity index is 2.09. The van der Waals surface area contributed by atoms with Gasteiger partial charge in [0.15, 0.2) is 0 Å². The molecule has 0 aliphatic heterocycles. The fraction of sp³-hybridized carbons (Fsp3) is 0.533. The van der Waals surface area contributed by atoms with E-state index in [4.69, 9.17) is 23.2 Å². The molecule has 0 spiro atoms. The Bertz CT molecular complexity index is 461. The fourth-order valence-corrected chi connectivity index (χ4v) is 3.05. The van der Waals surface area contributed by atoms with Gasteiger partial charge < -0.3 is 5.32 Å². The van der Waals surface area contributed by atoms with E-state index in [1.54, 1.807) is 6.07 Å². The highest BCUT2D eigenvalue weighted by molar-refractivity contribution is 6.34. The summed E-state index contributed by atoms with van der Waals surface area (Å²) in [5.41, 5.74) is 1.45. The second-order valence-electron chi connectivity index (χ2n) is 5.17. The minimum atomic E-state index is -0.119. The molecule has 1 N–H and O–H groups in total. The number of alkyl halides is 1. The summed E-state index contributed by atoms with van der Waals surface area (Å²) in [4.78, 5) is 12.3. The number of benzene rings is 1. The van der Waals surface area contributed by atoms with Gasteiger partial charge in [0, 0.05) is 6.04 Å². The van der Waals surface area contributed by atoms with Crippen molar-refractivity contribution in [1.29, 1.82) is 0 Å². The lowest BCUT2D eigenvalue weighted by Gasteiger charge is -2.21. The van der Waals surface area contributed by atoms with Gasteiger partial charge in [0.1, 0.15) is 0 Å². The summed E-state index contributed by atoms with van der Waals surface area (Å²) in [6.07, 6.45) is 5.37. The molecule has 1 saturated carbocycles. The monoisotopic (exact) mass is 299 g/mol. The molecule has 1 aromatic carbocycles. The first kappa shape index (κ1) is 14.7. The topological polar surface area (TPSA) is 29.1 Å². The smallest absolute Gasteiger partial charge is 0.253 e. The molecular formula is C15H19Cl2NO. The number of hydrogen-bond donors (Lipinski definition) is 1. The third-order valence-electron chi connectivity index (χ3n) is 3.68. The van der Waals surface area contributed by atoms with Gasteiger partial charge in [-0.3, -0.25) is 4.79 Å². The molecule has 1 aromatic rings. The van der Waals surface area contributed by atoms with Crippen LogP contribution in [0.25, 0.3) is 0 Å². The molecule has 0 aromatic heterocycles. The van der Waals surface area contributed by atoms with Crippen LogP contribution in [-0.2, 0) is 0 Å². The summed E-state index contributed by atoms with van der Waals surface area (Å²) in [5.74, 6) is -0.119. The van der Waals surface area contributed by atoms with Crippen LogP contribution in [0.2, 0.25) is 5.02 Å². The maximum absolute atomic E-state index is 12.3. The molecule has 2 unspecified atom stereocenters. The van der Waals surface area contributed by atoms with E-state index >= 15 is 0 Å². The largest absolute Gasteiger partial charge is 0.348 e. The highest BCUT2D eigenvalue weighted by Crippen LogP contribution is 2.24. The Hall–Kier alpha value is -0.730. The Morgan fingerprint density at radius 2 is 2.00 bits per heavy atom. The maximum Gasteiger partial charge on any atom is 0.253 e. The number of nitrogens with one attached hydrogen (secondary N) is 1. The van der Waals surface area contributed by atoms with E-state index in [2.05, 4.69) is 5.32 Å². The van der Waals surface area contributed by atoms with Gasteiger partial charge in [0.05, 0.1) is 16.0 Å². The van der Waals surface area contributed by atoms with Crippen LogP contribution in [-0.4, -0.2) is 17.3 Å². The van der Waals surface area contributed by atoms with E-state index in [-0.39, 0.29) is 17.3 Å². The number of aryl methyl sites for hydroxylation is 1. The quantitative estimate of drug-likeness (QED) is 0.639. The van der Waals surface area contributed by atoms with Gasteiger partial charge in [0.25, 0.3) is 5.91 Å². The van der Waals surface area contributed by atoms with E-state index in [1.807, 2.05) is 19.1 Å². The van der Waals surface area contributed by atoms with Crippen molar-refractivity contribution >= 4 is 29.1 Å². The van der Waals surface area contributed by atoms with Gasteiger partial charge in [-0.15, -0.1) is 11.6 Å². The van der Waals surface area contributed by atoms with Crippen molar-refractivity contribution in [3.63, 3.8) is 0 Å². The average Bonchev–Trinajstić information content (AvgIpc) is 2.58. The molecule has 4 heteroatoms. The molecule has 1 aliphatic carbocycles. The molecule has 2 rings (SSSR count). The minimum Gasteiger partial charge on any atom is -0.348 e. The van der Waals surface area contributed by atoms with E-state index < -0.39 is 0 Å². The van der Waals surface area contributed by atoms with Crippen LogP contribution in [0.5, 0.6) is 0 Å². The number of carbonyl (C=O) groups is 1. The molecular weight excluding hydrogens is 281 g/mol. The highest BCUT2D eigenvalue weighted by atomic mass is 35.5. The first-order valence-corrected chi connectivity index (χ1v) is 7.61. The van der Waals surface area contributed by atoms with Gasteiger partial charge in [-0.25, -0.2) is 0 Å². The second-order valence-corrected chi connectivity index (χ2v) is 6.11. The molecule has 2 atom stereocenters. The Kier molecular flexibility index (Phi) is 5.12. The van der Waals surface area contributed by atoms with Crippen molar-refractivity contribution in [3.8, 4) is 0 Å². The summed E-state index contributed by atoms with van der Waals surface area (Å²) in [5, 5.41) is 3.59. The zero-order valence-corrected chi connectivity index (χ0v) is 12.6. The van der Waals surface area contributed by atoms with E-state index in [1.165, 1.54) is 6.42 Å². The molecule has 2 nitrogen and oxygen atoms in total. The summed E-state index contributed by atoms with van der Waals surface area (Å²) in [6.45, 7) is 1.90. The first-order valence-electron chi connectivity index (χ1n) is 6.79. The molecule has 0 saturated heterocycles. The predicted molar refractivity (Wildman–Crippen MR) is 80.2 cm³/mol. The predicted octanol–water partition coefficient (Wildman–Crippen LogP) is 4.32.